The van der Waals surface area contributed by atoms with Crippen molar-refractivity contribution in [1.82, 2.24) is 9.80 Å². The Balaban J connectivity index is 2.62. The summed E-state index contributed by atoms with van der Waals surface area (Å²) in [4.78, 5) is 26.5. The predicted octanol–water partition coefficient (Wildman–Crippen LogP) is 1.08. The lowest BCUT2D eigenvalue weighted by molar-refractivity contribution is -0.134. The molecule has 1 aliphatic rings. The van der Waals surface area contributed by atoms with Crippen LogP contribution in [0.2, 0.25) is 0 Å². The smallest absolute Gasteiger partial charge is 0.410 e. The van der Waals surface area contributed by atoms with Gasteiger partial charge in [-0.15, -0.1) is 0 Å². The van der Waals surface area contributed by atoms with Crippen molar-refractivity contribution in [3.05, 3.63) is 0 Å². The number of methoxy groups -OCH3 is 1. The summed E-state index contributed by atoms with van der Waals surface area (Å²) in [7, 11) is 1.32. The van der Waals surface area contributed by atoms with Crippen molar-refractivity contribution in [1.29, 1.82) is 0 Å². The molecule has 1 aliphatic heterocycles. The van der Waals surface area contributed by atoms with Gasteiger partial charge < -0.3 is 9.64 Å². The highest BCUT2D eigenvalue weighted by Gasteiger charge is 2.47. The molecular formula is C11H20N2O3. The molecule has 1 heterocycles. The van der Waals surface area contributed by atoms with E-state index in [1.807, 2.05) is 27.7 Å². The van der Waals surface area contributed by atoms with E-state index >= 15 is 0 Å². The zero-order chi connectivity index (χ0) is 12.5. The standard InChI is InChI=1S/C11H20N2O3/c1-7(2)13(8(3)4)10(14)9-6-12(9)11(15)16-5/h7-9H,6H2,1-5H3. The topological polar surface area (TPSA) is 49.6 Å². The molecule has 0 aromatic carbocycles. The molecular weight excluding hydrogens is 208 g/mol. The van der Waals surface area contributed by atoms with Gasteiger partial charge in [-0.25, -0.2) is 4.79 Å². The average molecular weight is 228 g/mol. The Morgan fingerprint density at radius 3 is 2.12 bits per heavy atom. The van der Waals surface area contributed by atoms with Crippen molar-refractivity contribution in [2.24, 2.45) is 0 Å². The summed E-state index contributed by atoms with van der Waals surface area (Å²) < 4.78 is 4.57. The maximum atomic E-state index is 12.1. The fourth-order valence-corrected chi connectivity index (χ4v) is 1.95. The fraction of sp³-hybridized carbons (Fsp3) is 0.818. The van der Waals surface area contributed by atoms with Crippen LogP contribution in [-0.2, 0) is 9.53 Å². The number of nitrogens with zero attached hydrogens (tertiary/aromatic N) is 2. The van der Waals surface area contributed by atoms with Crippen LogP contribution in [0.15, 0.2) is 0 Å². The normalized spacial score (nSPS) is 18.9. The van der Waals surface area contributed by atoms with Crippen LogP contribution in [0, 0.1) is 0 Å². The van der Waals surface area contributed by atoms with Gasteiger partial charge in [-0.2, -0.15) is 0 Å². The van der Waals surface area contributed by atoms with Gasteiger partial charge in [-0.1, -0.05) is 0 Å². The van der Waals surface area contributed by atoms with E-state index in [2.05, 4.69) is 4.74 Å². The van der Waals surface area contributed by atoms with Crippen LogP contribution in [0.4, 0.5) is 4.79 Å². The molecule has 1 rings (SSSR count). The van der Waals surface area contributed by atoms with Crippen LogP contribution >= 0.6 is 0 Å². The molecule has 0 aromatic heterocycles. The number of carbonyl (C=O) groups is 2. The molecule has 5 heteroatoms. The van der Waals surface area contributed by atoms with Crippen LogP contribution in [0.25, 0.3) is 0 Å². The Morgan fingerprint density at radius 1 is 1.25 bits per heavy atom. The second-order valence-electron chi connectivity index (χ2n) is 4.57. The second-order valence-corrected chi connectivity index (χ2v) is 4.57. The molecule has 1 unspecified atom stereocenters. The Bertz CT molecular complexity index is 281. The molecule has 16 heavy (non-hydrogen) atoms. The molecule has 0 radical (unpaired) electrons. The fourth-order valence-electron chi connectivity index (χ4n) is 1.95. The van der Waals surface area contributed by atoms with E-state index in [0.717, 1.165) is 0 Å². The zero-order valence-electron chi connectivity index (χ0n) is 10.6. The highest BCUT2D eigenvalue weighted by molar-refractivity contribution is 5.90. The van der Waals surface area contributed by atoms with Crippen molar-refractivity contribution >= 4 is 12.0 Å². The molecule has 0 aliphatic carbocycles. The van der Waals surface area contributed by atoms with E-state index in [-0.39, 0.29) is 24.0 Å². The van der Waals surface area contributed by atoms with Crippen LogP contribution in [-0.4, -0.2) is 53.6 Å². The van der Waals surface area contributed by atoms with Gasteiger partial charge in [0.25, 0.3) is 0 Å². The number of carbonyl (C=O) groups excluding carboxylic acids is 2. The van der Waals surface area contributed by atoms with Crippen molar-refractivity contribution < 1.29 is 14.3 Å². The number of amides is 2. The zero-order valence-corrected chi connectivity index (χ0v) is 10.6. The number of rotatable bonds is 3. The lowest BCUT2D eigenvalue weighted by Crippen LogP contribution is -2.45. The van der Waals surface area contributed by atoms with E-state index in [0.29, 0.717) is 6.54 Å². The monoisotopic (exact) mass is 228 g/mol. The quantitative estimate of drug-likeness (QED) is 0.679. The maximum Gasteiger partial charge on any atom is 0.410 e. The van der Waals surface area contributed by atoms with Gasteiger partial charge in [-0.05, 0) is 27.7 Å². The van der Waals surface area contributed by atoms with Crippen molar-refractivity contribution in [2.75, 3.05) is 13.7 Å². The van der Waals surface area contributed by atoms with Gasteiger partial charge in [0.15, 0.2) is 0 Å². The Kier molecular flexibility index (Phi) is 3.78. The van der Waals surface area contributed by atoms with Gasteiger partial charge in [0, 0.05) is 12.1 Å². The van der Waals surface area contributed by atoms with Crippen LogP contribution in [0.3, 0.4) is 0 Å². The van der Waals surface area contributed by atoms with Gasteiger partial charge in [0.05, 0.1) is 13.7 Å². The van der Waals surface area contributed by atoms with E-state index < -0.39 is 6.09 Å². The Hall–Kier alpha value is -1.26. The first-order chi connectivity index (χ1) is 7.40. The molecule has 1 atom stereocenters. The van der Waals surface area contributed by atoms with E-state index in [9.17, 15) is 9.59 Å². The Morgan fingerprint density at radius 2 is 1.75 bits per heavy atom. The predicted molar refractivity (Wildman–Crippen MR) is 60.0 cm³/mol. The first-order valence-corrected chi connectivity index (χ1v) is 5.56. The summed E-state index contributed by atoms with van der Waals surface area (Å²) >= 11 is 0. The van der Waals surface area contributed by atoms with Crippen LogP contribution in [0.5, 0.6) is 0 Å². The Labute approximate surface area is 96.3 Å². The number of hydrogen-bond acceptors (Lipinski definition) is 3. The third-order valence-corrected chi connectivity index (χ3v) is 2.67. The summed E-state index contributed by atoms with van der Waals surface area (Å²) in [5.74, 6) is 0.00963. The molecule has 0 bridgehead atoms. The second kappa shape index (κ2) is 4.72. The van der Waals surface area contributed by atoms with Crippen LogP contribution < -0.4 is 0 Å². The minimum Gasteiger partial charge on any atom is -0.453 e. The summed E-state index contributed by atoms with van der Waals surface area (Å²) in [6.45, 7) is 8.37. The van der Waals surface area contributed by atoms with E-state index in [1.165, 1.54) is 12.0 Å². The van der Waals surface area contributed by atoms with E-state index in [1.54, 1.807) is 4.90 Å². The third-order valence-electron chi connectivity index (χ3n) is 2.67. The minimum absolute atomic E-state index is 0.00963. The molecule has 1 fully saturated rings. The maximum absolute atomic E-state index is 12.1. The molecule has 92 valence electrons. The SMILES string of the molecule is COC(=O)N1CC1C(=O)N(C(C)C)C(C)C. The highest BCUT2D eigenvalue weighted by atomic mass is 16.5. The van der Waals surface area contributed by atoms with Gasteiger partial charge in [0.1, 0.15) is 6.04 Å². The molecule has 0 saturated carbocycles. The van der Waals surface area contributed by atoms with Crippen molar-refractivity contribution in [3.8, 4) is 0 Å². The largest absolute Gasteiger partial charge is 0.453 e. The molecule has 5 nitrogen and oxygen atoms in total. The summed E-state index contributed by atoms with van der Waals surface area (Å²) in [5.41, 5.74) is 0. The summed E-state index contributed by atoms with van der Waals surface area (Å²) in [6, 6.07) is -0.0301. The number of ether oxygens (including phenoxy) is 1. The lowest BCUT2D eigenvalue weighted by Gasteiger charge is -2.30. The summed E-state index contributed by atoms with van der Waals surface area (Å²) in [5, 5.41) is 0. The number of hydrogen-bond donors (Lipinski definition) is 0. The van der Waals surface area contributed by atoms with Gasteiger partial charge >= 0.3 is 6.09 Å². The minimum atomic E-state index is -0.425. The molecule has 1 saturated heterocycles. The molecule has 0 N–H and O–H groups in total. The third kappa shape index (κ3) is 2.46. The molecule has 0 spiro atoms. The molecule has 2 amide bonds. The van der Waals surface area contributed by atoms with Crippen molar-refractivity contribution in [3.63, 3.8) is 0 Å². The van der Waals surface area contributed by atoms with Gasteiger partial charge in [0.2, 0.25) is 5.91 Å². The van der Waals surface area contributed by atoms with Crippen molar-refractivity contribution in [2.45, 2.75) is 45.8 Å². The first-order valence-electron chi connectivity index (χ1n) is 5.56. The average Bonchev–Trinajstić information content (AvgIpc) is 2.94. The lowest BCUT2D eigenvalue weighted by atomic mass is 10.2. The molecule has 0 aromatic rings. The van der Waals surface area contributed by atoms with E-state index in [4.69, 9.17) is 0 Å². The first kappa shape index (κ1) is 12.8. The van der Waals surface area contributed by atoms with Gasteiger partial charge in [-0.3, -0.25) is 9.69 Å². The van der Waals surface area contributed by atoms with Crippen LogP contribution in [0.1, 0.15) is 27.7 Å². The highest BCUT2D eigenvalue weighted by Crippen LogP contribution is 2.23. The summed E-state index contributed by atoms with van der Waals surface area (Å²) in [6.07, 6.45) is -0.425.